The number of hydrogen-bond acceptors (Lipinski definition) is 2. The number of para-hydroxylation sites is 1. The van der Waals surface area contributed by atoms with Gasteiger partial charge >= 0.3 is 0 Å². The van der Waals surface area contributed by atoms with Gasteiger partial charge in [-0.25, -0.2) is 0 Å². The van der Waals surface area contributed by atoms with Crippen molar-refractivity contribution in [3.8, 4) is 11.3 Å². The fraction of sp³-hybridized carbons (Fsp3) is 0. The van der Waals surface area contributed by atoms with Gasteiger partial charge in [-0.05, 0) is 12.1 Å². The van der Waals surface area contributed by atoms with Crippen LogP contribution in [0.5, 0.6) is 0 Å². The average molecular weight is 211 g/mol. The maximum atomic E-state index is 10.8. The molecule has 0 saturated heterocycles. The van der Waals surface area contributed by atoms with Gasteiger partial charge in [-0.15, -0.1) is 0 Å². The largest absolute Gasteiger partial charge is 0.464 e. The normalized spacial score (nSPS) is 10.8. The number of aldehydes is 1. The van der Waals surface area contributed by atoms with Crippen LogP contribution in [-0.4, -0.2) is 11.3 Å². The van der Waals surface area contributed by atoms with Crippen molar-refractivity contribution >= 4 is 17.2 Å². The zero-order valence-electron chi connectivity index (χ0n) is 8.44. The van der Waals surface area contributed by atoms with E-state index in [1.165, 1.54) is 6.26 Å². The average Bonchev–Trinajstić information content (AvgIpc) is 2.94. The van der Waals surface area contributed by atoms with Gasteiger partial charge in [0.2, 0.25) is 0 Å². The number of aromatic nitrogens is 1. The highest BCUT2D eigenvalue weighted by Gasteiger charge is 2.12. The molecule has 1 aromatic carbocycles. The predicted molar refractivity (Wildman–Crippen MR) is 61.4 cm³/mol. The van der Waals surface area contributed by atoms with Gasteiger partial charge in [-0.2, -0.15) is 0 Å². The Morgan fingerprint density at radius 1 is 1.19 bits per heavy atom. The van der Waals surface area contributed by atoms with Crippen molar-refractivity contribution in [1.29, 1.82) is 0 Å². The summed E-state index contributed by atoms with van der Waals surface area (Å²) in [6.07, 6.45) is 4.19. The Balaban J connectivity index is 2.30. The molecule has 0 unspecified atom stereocenters. The maximum Gasteiger partial charge on any atom is 0.153 e. The second-order valence-electron chi connectivity index (χ2n) is 3.57. The molecule has 0 fully saturated rings. The molecule has 16 heavy (non-hydrogen) atoms. The molecule has 0 saturated carbocycles. The summed E-state index contributed by atoms with van der Waals surface area (Å²) in [5, 5.41) is 1.06. The minimum atomic E-state index is 0.574. The molecule has 1 N–H and O–H groups in total. The summed E-state index contributed by atoms with van der Waals surface area (Å²) in [7, 11) is 0. The zero-order valence-corrected chi connectivity index (χ0v) is 8.44. The van der Waals surface area contributed by atoms with Crippen LogP contribution in [0.25, 0.3) is 22.2 Å². The van der Waals surface area contributed by atoms with Crippen LogP contribution >= 0.6 is 0 Å². The summed E-state index contributed by atoms with van der Waals surface area (Å²) in [6.45, 7) is 0. The van der Waals surface area contributed by atoms with Crippen LogP contribution in [0.15, 0.2) is 47.2 Å². The SMILES string of the molecule is O=Cc1ccoc1-c1c[nH]c2ccccc12. The lowest BCUT2D eigenvalue weighted by Crippen LogP contribution is -1.79. The first-order valence-corrected chi connectivity index (χ1v) is 4.99. The third-order valence-corrected chi connectivity index (χ3v) is 2.66. The van der Waals surface area contributed by atoms with E-state index in [1.54, 1.807) is 6.07 Å². The number of nitrogens with one attached hydrogen (secondary N) is 1. The first kappa shape index (κ1) is 8.97. The fourth-order valence-corrected chi connectivity index (χ4v) is 1.89. The Morgan fingerprint density at radius 2 is 2.06 bits per heavy atom. The smallest absolute Gasteiger partial charge is 0.153 e. The van der Waals surface area contributed by atoms with Crippen LogP contribution in [0.3, 0.4) is 0 Å². The van der Waals surface area contributed by atoms with Crippen molar-refractivity contribution < 1.29 is 9.21 Å². The van der Waals surface area contributed by atoms with Gasteiger partial charge in [0.15, 0.2) is 6.29 Å². The fourth-order valence-electron chi connectivity index (χ4n) is 1.89. The van der Waals surface area contributed by atoms with Crippen LogP contribution < -0.4 is 0 Å². The molecule has 3 rings (SSSR count). The topological polar surface area (TPSA) is 46.0 Å². The Bertz CT molecular complexity index is 649. The Hall–Kier alpha value is -2.29. The number of H-pyrrole nitrogens is 1. The number of aromatic amines is 1. The molecule has 78 valence electrons. The zero-order chi connectivity index (χ0) is 11.0. The number of carbonyl (C=O) groups excluding carboxylic acids is 1. The van der Waals surface area contributed by atoms with Crippen LogP contribution in [0.1, 0.15) is 10.4 Å². The molecule has 2 aromatic heterocycles. The van der Waals surface area contributed by atoms with Gasteiger partial charge < -0.3 is 9.40 Å². The monoisotopic (exact) mass is 211 g/mol. The maximum absolute atomic E-state index is 10.8. The molecule has 0 radical (unpaired) electrons. The van der Waals surface area contributed by atoms with Crippen LogP contribution in [0, 0.1) is 0 Å². The molecule has 3 nitrogen and oxygen atoms in total. The van der Waals surface area contributed by atoms with Crippen LogP contribution in [0.2, 0.25) is 0 Å². The first-order valence-electron chi connectivity index (χ1n) is 4.99. The first-order chi connectivity index (χ1) is 7.90. The third kappa shape index (κ3) is 1.18. The Kier molecular flexibility index (Phi) is 1.90. The molecule has 0 spiro atoms. The van der Waals surface area contributed by atoms with Gasteiger partial charge in [-0.3, -0.25) is 4.79 Å². The molecule has 2 heterocycles. The van der Waals surface area contributed by atoms with E-state index in [1.807, 2.05) is 30.5 Å². The van der Waals surface area contributed by atoms with E-state index in [9.17, 15) is 4.79 Å². The Labute approximate surface area is 91.7 Å². The predicted octanol–water partition coefficient (Wildman–Crippen LogP) is 3.24. The minimum absolute atomic E-state index is 0.574. The van der Waals surface area contributed by atoms with Gasteiger partial charge in [0.1, 0.15) is 5.76 Å². The van der Waals surface area contributed by atoms with Crippen molar-refractivity contribution in [2.45, 2.75) is 0 Å². The molecular formula is C13H9NO2. The molecule has 0 aliphatic rings. The second kappa shape index (κ2) is 3.38. The molecule has 0 aliphatic carbocycles. The van der Waals surface area contributed by atoms with E-state index in [-0.39, 0.29) is 0 Å². The number of hydrogen-bond donors (Lipinski definition) is 1. The highest BCUT2D eigenvalue weighted by atomic mass is 16.3. The molecule has 0 atom stereocenters. The van der Waals surface area contributed by atoms with Crippen LogP contribution in [0.4, 0.5) is 0 Å². The van der Waals surface area contributed by atoms with Gasteiger partial charge in [0, 0.05) is 22.7 Å². The summed E-state index contributed by atoms with van der Waals surface area (Å²) in [6, 6.07) is 9.58. The van der Waals surface area contributed by atoms with Crippen molar-refractivity contribution in [2.75, 3.05) is 0 Å². The summed E-state index contributed by atoms with van der Waals surface area (Å²) in [5.74, 6) is 0.618. The van der Waals surface area contributed by atoms with Gasteiger partial charge in [0.25, 0.3) is 0 Å². The van der Waals surface area contributed by atoms with Gasteiger partial charge in [0.05, 0.1) is 11.8 Å². The molecule has 0 amide bonds. The molecule has 0 aliphatic heterocycles. The van der Waals surface area contributed by atoms with Crippen molar-refractivity contribution in [3.05, 3.63) is 48.4 Å². The summed E-state index contributed by atoms with van der Waals surface area (Å²) >= 11 is 0. The highest BCUT2D eigenvalue weighted by molar-refractivity contribution is 5.98. The lowest BCUT2D eigenvalue weighted by atomic mass is 10.1. The number of carbonyl (C=O) groups is 1. The summed E-state index contributed by atoms with van der Waals surface area (Å²) in [5.41, 5.74) is 2.53. The van der Waals surface area contributed by atoms with Crippen LogP contribution in [-0.2, 0) is 0 Å². The Morgan fingerprint density at radius 3 is 2.94 bits per heavy atom. The number of furan rings is 1. The highest BCUT2D eigenvalue weighted by Crippen LogP contribution is 2.30. The summed E-state index contributed by atoms with van der Waals surface area (Å²) < 4.78 is 5.36. The molecular weight excluding hydrogens is 202 g/mol. The van der Waals surface area contributed by atoms with E-state index in [0.29, 0.717) is 11.3 Å². The van der Waals surface area contributed by atoms with E-state index < -0.39 is 0 Å². The molecule has 0 bridgehead atoms. The summed E-state index contributed by atoms with van der Waals surface area (Å²) in [4.78, 5) is 14.0. The van der Waals surface area contributed by atoms with Crippen molar-refractivity contribution in [1.82, 2.24) is 4.98 Å². The number of benzene rings is 1. The minimum Gasteiger partial charge on any atom is -0.464 e. The van der Waals surface area contributed by atoms with E-state index in [4.69, 9.17) is 4.42 Å². The lowest BCUT2D eigenvalue weighted by molar-refractivity contribution is 0.112. The van der Waals surface area contributed by atoms with Gasteiger partial charge in [-0.1, -0.05) is 18.2 Å². The quantitative estimate of drug-likeness (QED) is 0.661. The second-order valence-corrected chi connectivity index (χ2v) is 3.57. The van der Waals surface area contributed by atoms with Crippen molar-refractivity contribution in [2.24, 2.45) is 0 Å². The number of rotatable bonds is 2. The van der Waals surface area contributed by atoms with Crippen molar-refractivity contribution in [3.63, 3.8) is 0 Å². The van der Waals surface area contributed by atoms with E-state index >= 15 is 0 Å². The van der Waals surface area contributed by atoms with E-state index in [2.05, 4.69) is 4.98 Å². The standard InChI is InChI=1S/C13H9NO2/c15-8-9-5-6-16-13(9)11-7-14-12-4-2-1-3-10(11)12/h1-8,14H. The molecule has 3 aromatic rings. The lowest BCUT2D eigenvalue weighted by Gasteiger charge is -1.95. The third-order valence-electron chi connectivity index (χ3n) is 2.66. The number of fused-ring (bicyclic) bond motifs is 1. The molecule has 3 heteroatoms. The van der Waals surface area contributed by atoms with E-state index in [0.717, 1.165) is 22.8 Å².